The van der Waals surface area contributed by atoms with Gasteiger partial charge >= 0.3 is 0 Å². The van der Waals surface area contributed by atoms with Gasteiger partial charge in [-0.1, -0.05) is 27.2 Å². The van der Waals surface area contributed by atoms with Crippen molar-refractivity contribution in [2.24, 2.45) is 23.2 Å². The quantitative estimate of drug-likeness (QED) is 0.482. The lowest BCUT2D eigenvalue weighted by atomic mass is 9.91. The van der Waals surface area contributed by atoms with E-state index in [9.17, 15) is 0 Å². The third-order valence-corrected chi connectivity index (χ3v) is 3.91. The molecule has 0 aromatic carbocycles. The maximum atomic E-state index is 2.44. The van der Waals surface area contributed by atoms with Gasteiger partial charge in [0.15, 0.2) is 0 Å². The van der Waals surface area contributed by atoms with Crippen molar-refractivity contribution < 1.29 is 0 Å². The molecule has 0 aromatic rings. The molecule has 10 heavy (non-hydrogen) atoms. The van der Waals surface area contributed by atoms with Gasteiger partial charge in [-0.25, -0.2) is 0 Å². The van der Waals surface area contributed by atoms with E-state index < -0.39 is 0 Å². The summed E-state index contributed by atoms with van der Waals surface area (Å²) in [5.41, 5.74) is 0.727. The van der Waals surface area contributed by atoms with Crippen molar-refractivity contribution in [3.8, 4) is 0 Å². The van der Waals surface area contributed by atoms with Gasteiger partial charge in [0.05, 0.1) is 0 Å². The Morgan fingerprint density at radius 2 is 1.80 bits per heavy atom. The molecule has 2 aliphatic carbocycles. The standard InChI is InChI=1S/C10H18/c1-7-4-5-8-9(6-7)10(8,2)3/h7-9H,4-6H2,1-3H3/t7-,8-,9+/m0/s1. The topological polar surface area (TPSA) is 0 Å². The van der Waals surface area contributed by atoms with Gasteiger partial charge < -0.3 is 0 Å². The van der Waals surface area contributed by atoms with Crippen LogP contribution in [0.1, 0.15) is 40.0 Å². The fourth-order valence-corrected chi connectivity index (χ4v) is 2.91. The predicted octanol–water partition coefficient (Wildman–Crippen LogP) is 3.08. The van der Waals surface area contributed by atoms with Crippen LogP contribution in [0.5, 0.6) is 0 Å². The summed E-state index contributed by atoms with van der Waals surface area (Å²) < 4.78 is 0. The molecule has 2 aliphatic rings. The van der Waals surface area contributed by atoms with E-state index in [-0.39, 0.29) is 0 Å². The predicted molar refractivity (Wildman–Crippen MR) is 43.8 cm³/mol. The Bertz CT molecular complexity index is 146. The molecule has 2 saturated carbocycles. The highest BCUT2D eigenvalue weighted by Crippen LogP contribution is 2.65. The van der Waals surface area contributed by atoms with E-state index in [4.69, 9.17) is 0 Å². The van der Waals surface area contributed by atoms with Crippen molar-refractivity contribution >= 4 is 0 Å². The number of rotatable bonds is 0. The fraction of sp³-hybridized carbons (Fsp3) is 1.00. The van der Waals surface area contributed by atoms with Gasteiger partial charge in [-0.05, 0) is 36.0 Å². The van der Waals surface area contributed by atoms with Crippen molar-refractivity contribution in [1.29, 1.82) is 0 Å². The van der Waals surface area contributed by atoms with Crippen LogP contribution in [-0.2, 0) is 0 Å². The maximum Gasteiger partial charge on any atom is -0.0292 e. The summed E-state index contributed by atoms with van der Waals surface area (Å²) in [4.78, 5) is 0. The largest absolute Gasteiger partial charge is 0.0625 e. The van der Waals surface area contributed by atoms with Gasteiger partial charge in [0.25, 0.3) is 0 Å². The fourth-order valence-electron chi connectivity index (χ4n) is 2.91. The van der Waals surface area contributed by atoms with E-state index in [2.05, 4.69) is 20.8 Å². The van der Waals surface area contributed by atoms with E-state index in [0.717, 1.165) is 23.2 Å². The first-order chi connectivity index (χ1) is 4.62. The Hall–Kier alpha value is 0. The van der Waals surface area contributed by atoms with Crippen LogP contribution in [0.2, 0.25) is 0 Å². The molecule has 0 saturated heterocycles. The smallest absolute Gasteiger partial charge is 0.0292 e. The molecule has 0 aromatic heterocycles. The lowest BCUT2D eigenvalue weighted by Crippen LogP contribution is -2.03. The molecule has 2 rings (SSSR count). The Balaban J connectivity index is 2.04. The van der Waals surface area contributed by atoms with Crippen LogP contribution in [0.4, 0.5) is 0 Å². The van der Waals surface area contributed by atoms with E-state index in [0.29, 0.717) is 0 Å². The number of fused-ring (bicyclic) bond motifs is 1. The first kappa shape index (κ1) is 6.69. The summed E-state index contributed by atoms with van der Waals surface area (Å²) in [5.74, 6) is 3.21. The Labute approximate surface area is 64.0 Å². The molecule has 0 bridgehead atoms. The number of hydrogen-bond acceptors (Lipinski definition) is 0. The molecule has 0 spiro atoms. The van der Waals surface area contributed by atoms with Crippen LogP contribution >= 0.6 is 0 Å². The molecule has 0 amide bonds. The molecule has 3 atom stereocenters. The van der Waals surface area contributed by atoms with Crippen molar-refractivity contribution in [2.45, 2.75) is 40.0 Å². The minimum absolute atomic E-state index is 0.727. The average molecular weight is 138 g/mol. The summed E-state index contributed by atoms with van der Waals surface area (Å²) in [5, 5.41) is 0. The van der Waals surface area contributed by atoms with Gasteiger partial charge in [-0.3, -0.25) is 0 Å². The van der Waals surface area contributed by atoms with Crippen LogP contribution in [0, 0.1) is 23.2 Å². The lowest BCUT2D eigenvalue weighted by Gasteiger charge is -2.15. The highest BCUT2D eigenvalue weighted by Gasteiger charge is 2.58. The summed E-state index contributed by atoms with van der Waals surface area (Å²) in [6, 6.07) is 0. The summed E-state index contributed by atoms with van der Waals surface area (Å²) >= 11 is 0. The van der Waals surface area contributed by atoms with Crippen LogP contribution in [0.15, 0.2) is 0 Å². The molecule has 2 fully saturated rings. The third kappa shape index (κ3) is 0.741. The third-order valence-electron chi connectivity index (χ3n) is 3.91. The Kier molecular flexibility index (Phi) is 1.19. The molecule has 0 heteroatoms. The minimum atomic E-state index is 0.727. The van der Waals surface area contributed by atoms with Crippen LogP contribution < -0.4 is 0 Å². The normalized spacial score (nSPS) is 50.1. The van der Waals surface area contributed by atoms with Gasteiger partial charge in [0, 0.05) is 0 Å². The second kappa shape index (κ2) is 1.78. The number of hydrogen-bond donors (Lipinski definition) is 0. The molecular formula is C10H18. The first-order valence-corrected chi connectivity index (χ1v) is 4.62. The highest BCUT2D eigenvalue weighted by atomic mass is 14.6. The molecule has 0 radical (unpaired) electrons. The SMILES string of the molecule is C[C@H]1CC[C@H]2[C@@H](C1)C2(C)C. The van der Waals surface area contributed by atoms with Crippen LogP contribution in [0.3, 0.4) is 0 Å². The summed E-state index contributed by atoms with van der Waals surface area (Å²) in [7, 11) is 0. The molecule has 0 aliphatic heterocycles. The molecule has 0 unspecified atom stereocenters. The minimum Gasteiger partial charge on any atom is -0.0625 e. The second-order valence-corrected chi connectivity index (χ2v) is 4.95. The van der Waals surface area contributed by atoms with Crippen molar-refractivity contribution in [1.82, 2.24) is 0 Å². The zero-order valence-electron chi connectivity index (χ0n) is 7.35. The van der Waals surface area contributed by atoms with E-state index >= 15 is 0 Å². The average Bonchev–Trinajstić information content (AvgIpc) is 2.36. The van der Waals surface area contributed by atoms with E-state index in [1.54, 1.807) is 0 Å². The van der Waals surface area contributed by atoms with Gasteiger partial charge in [0.2, 0.25) is 0 Å². The maximum absolute atomic E-state index is 2.44. The molecule has 0 heterocycles. The molecule has 0 nitrogen and oxygen atoms in total. The molecular weight excluding hydrogens is 120 g/mol. The van der Waals surface area contributed by atoms with Crippen molar-refractivity contribution in [2.75, 3.05) is 0 Å². The first-order valence-electron chi connectivity index (χ1n) is 4.62. The zero-order chi connectivity index (χ0) is 7.35. The second-order valence-electron chi connectivity index (χ2n) is 4.95. The monoisotopic (exact) mass is 138 g/mol. The van der Waals surface area contributed by atoms with Crippen LogP contribution in [0.25, 0.3) is 0 Å². The van der Waals surface area contributed by atoms with E-state index in [1.165, 1.54) is 19.3 Å². The van der Waals surface area contributed by atoms with Gasteiger partial charge in [-0.15, -0.1) is 0 Å². The molecule has 58 valence electrons. The zero-order valence-corrected chi connectivity index (χ0v) is 7.35. The van der Waals surface area contributed by atoms with Crippen molar-refractivity contribution in [3.63, 3.8) is 0 Å². The Morgan fingerprint density at radius 1 is 1.10 bits per heavy atom. The van der Waals surface area contributed by atoms with Crippen molar-refractivity contribution in [3.05, 3.63) is 0 Å². The van der Waals surface area contributed by atoms with E-state index in [1.807, 2.05) is 0 Å². The lowest BCUT2D eigenvalue weighted by molar-refractivity contribution is 0.367. The Morgan fingerprint density at radius 3 is 2.30 bits per heavy atom. The molecule has 0 N–H and O–H groups in total. The highest BCUT2D eigenvalue weighted by molar-refractivity contribution is 5.07. The van der Waals surface area contributed by atoms with Crippen LogP contribution in [-0.4, -0.2) is 0 Å². The van der Waals surface area contributed by atoms with Gasteiger partial charge in [0.1, 0.15) is 0 Å². The van der Waals surface area contributed by atoms with Gasteiger partial charge in [-0.2, -0.15) is 0 Å². The summed E-state index contributed by atoms with van der Waals surface area (Å²) in [6.07, 6.45) is 4.51. The summed E-state index contributed by atoms with van der Waals surface area (Å²) in [6.45, 7) is 7.30.